The average molecular weight is 383 g/mol. The number of ketones is 1. The molecule has 0 fully saturated rings. The summed E-state index contributed by atoms with van der Waals surface area (Å²) in [5.41, 5.74) is 1.45. The molecule has 0 radical (unpaired) electrons. The van der Waals surface area contributed by atoms with Gasteiger partial charge in [-0.25, -0.2) is 0 Å². The lowest BCUT2D eigenvalue weighted by Gasteiger charge is -2.12. The number of allylic oxidation sites excluding steroid dienone is 1. The predicted molar refractivity (Wildman–Crippen MR) is 114 cm³/mol. The molecule has 150 valence electrons. The largest absolute Gasteiger partial charge is 0.497 e. The highest BCUT2D eigenvalue weighted by molar-refractivity contribution is 6.07. The molecule has 0 N–H and O–H groups in total. The van der Waals surface area contributed by atoms with Gasteiger partial charge in [0.15, 0.2) is 5.78 Å². The maximum atomic E-state index is 12.5. The zero-order valence-corrected chi connectivity index (χ0v) is 17.1. The number of benzene rings is 2. The first-order chi connectivity index (χ1) is 13.7. The molecule has 0 atom stereocenters. The van der Waals surface area contributed by atoms with Gasteiger partial charge in [-0.3, -0.25) is 4.79 Å². The molecule has 2 aromatic rings. The smallest absolute Gasteiger partial charge is 0.185 e. The number of ether oxygens (including phenoxy) is 3. The lowest BCUT2D eigenvalue weighted by atomic mass is 10.1. The van der Waals surface area contributed by atoms with Crippen LogP contribution in [-0.4, -0.2) is 26.1 Å². The van der Waals surface area contributed by atoms with Crippen LogP contribution in [0.1, 0.15) is 55.5 Å². The minimum atomic E-state index is -0.0699. The highest BCUT2D eigenvalue weighted by Crippen LogP contribution is 2.26. The Balaban J connectivity index is 2.16. The van der Waals surface area contributed by atoms with Gasteiger partial charge in [-0.2, -0.15) is 0 Å². The Kier molecular flexibility index (Phi) is 9.13. The third-order valence-corrected chi connectivity index (χ3v) is 4.29. The summed E-state index contributed by atoms with van der Waals surface area (Å²) in [6.45, 7) is 5.59. The van der Waals surface area contributed by atoms with Crippen LogP contribution in [0.2, 0.25) is 0 Å². The van der Waals surface area contributed by atoms with Gasteiger partial charge in [-0.15, -0.1) is 0 Å². The van der Waals surface area contributed by atoms with Crippen molar-refractivity contribution in [3.63, 3.8) is 0 Å². The molecular formula is C24H30O4. The summed E-state index contributed by atoms with van der Waals surface area (Å²) >= 11 is 0. The zero-order valence-electron chi connectivity index (χ0n) is 17.1. The molecule has 2 aromatic carbocycles. The summed E-state index contributed by atoms with van der Waals surface area (Å²) in [6.07, 6.45) is 7.51. The van der Waals surface area contributed by atoms with Crippen molar-refractivity contribution in [3.05, 3.63) is 59.7 Å². The van der Waals surface area contributed by atoms with Crippen molar-refractivity contribution >= 4 is 11.9 Å². The highest BCUT2D eigenvalue weighted by Gasteiger charge is 2.07. The zero-order chi connectivity index (χ0) is 20.2. The second-order valence-electron chi connectivity index (χ2n) is 6.53. The van der Waals surface area contributed by atoms with Crippen LogP contribution in [0.5, 0.6) is 17.2 Å². The Bertz CT molecular complexity index is 763. The van der Waals surface area contributed by atoms with Crippen LogP contribution in [0.15, 0.2) is 48.5 Å². The van der Waals surface area contributed by atoms with E-state index in [-0.39, 0.29) is 5.78 Å². The van der Waals surface area contributed by atoms with Gasteiger partial charge < -0.3 is 14.2 Å². The molecule has 0 bridgehead atoms. The quantitative estimate of drug-likeness (QED) is 0.258. The van der Waals surface area contributed by atoms with Crippen LogP contribution in [0, 0.1) is 0 Å². The predicted octanol–water partition coefficient (Wildman–Crippen LogP) is 5.95. The molecule has 0 amide bonds. The van der Waals surface area contributed by atoms with E-state index in [4.69, 9.17) is 14.2 Å². The minimum absolute atomic E-state index is 0.0699. The van der Waals surface area contributed by atoms with E-state index in [1.165, 1.54) is 0 Å². The van der Waals surface area contributed by atoms with Crippen LogP contribution in [-0.2, 0) is 0 Å². The molecule has 0 spiro atoms. The van der Waals surface area contributed by atoms with Crippen molar-refractivity contribution in [1.29, 1.82) is 0 Å². The number of hydrogen-bond donors (Lipinski definition) is 0. The topological polar surface area (TPSA) is 44.8 Å². The number of hydrogen-bond acceptors (Lipinski definition) is 4. The molecule has 0 aromatic heterocycles. The highest BCUT2D eigenvalue weighted by atomic mass is 16.5. The molecule has 0 heterocycles. The van der Waals surface area contributed by atoms with Crippen LogP contribution in [0.3, 0.4) is 0 Å². The van der Waals surface area contributed by atoms with E-state index in [1.54, 1.807) is 43.5 Å². The van der Waals surface area contributed by atoms with E-state index in [1.807, 2.05) is 18.2 Å². The normalized spacial score (nSPS) is 10.8. The average Bonchev–Trinajstić information content (AvgIpc) is 2.73. The van der Waals surface area contributed by atoms with E-state index < -0.39 is 0 Å². The standard InChI is InChI=1S/C24H30O4/c1-4-6-16-27-22-13-15-24(28-17-7-5-2)20(18-22)10-14-23(25)19-8-11-21(26-3)12-9-19/h8-15,18H,4-7,16-17H2,1-3H3/b14-10+. The van der Waals surface area contributed by atoms with Gasteiger partial charge in [0, 0.05) is 11.1 Å². The lowest BCUT2D eigenvalue weighted by Crippen LogP contribution is -2.01. The number of unbranched alkanes of at least 4 members (excludes halogenated alkanes) is 2. The fraction of sp³-hybridized carbons (Fsp3) is 0.375. The van der Waals surface area contributed by atoms with E-state index in [0.29, 0.717) is 18.8 Å². The second kappa shape index (κ2) is 11.9. The molecule has 4 heteroatoms. The van der Waals surface area contributed by atoms with Gasteiger partial charge in [0.2, 0.25) is 0 Å². The molecule has 4 nitrogen and oxygen atoms in total. The van der Waals surface area contributed by atoms with Crippen LogP contribution >= 0.6 is 0 Å². The third kappa shape index (κ3) is 6.76. The Hall–Kier alpha value is -2.75. The fourth-order valence-electron chi connectivity index (χ4n) is 2.56. The van der Waals surface area contributed by atoms with Crippen molar-refractivity contribution in [2.75, 3.05) is 20.3 Å². The fourth-order valence-corrected chi connectivity index (χ4v) is 2.56. The summed E-state index contributed by atoms with van der Waals surface area (Å²) in [7, 11) is 1.60. The molecule has 0 saturated heterocycles. The van der Waals surface area contributed by atoms with Crippen molar-refractivity contribution < 1.29 is 19.0 Å². The molecule has 0 unspecified atom stereocenters. The van der Waals surface area contributed by atoms with E-state index in [9.17, 15) is 4.79 Å². The summed E-state index contributed by atoms with van der Waals surface area (Å²) in [5, 5.41) is 0. The van der Waals surface area contributed by atoms with E-state index in [2.05, 4.69) is 13.8 Å². The van der Waals surface area contributed by atoms with Gasteiger partial charge in [0.05, 0.1) is 20.3 Å². The molecule has 0 aliphatic rings. The van der Waals surface area contributed by atoms with Crippen molar-refractivity contribution in [1.82, 2.24) is 0 Å². The van der Waals surface area contributed by atoms with Gasteiger partial charge in [-0.05, 0) is 67.5 Å². The van der Waals surface area contributed by atoms with Crippen LogP contribution in [0.25, 0.3) is 6.08 Å². The Morgan fingerprint density at radius 1 is 0.893 bits per heavy atom. The van der Waals surface area contributed by atoms with Gasteiger partial charge in [0.1, 0.15) is 17.2 Å². The van der Waals surface area contributed by atoms with Gasteiger partial charge in [0.25, 0.3) is 0 Å². The number of rotatable bonds is 12. The first-order valence-corrected chi connectivity index (χ1v) is 9.94. The van der Waals surface area contributed by atoms with Crippen LogP contribution < -0.4 is 14.2 Å². The summed E-state index contributed by atoms with van der Waals surface area (Å²) in [4.78, 5) is 12.5. The van der Waals surface area contributed by atoms with E-state index in [0.717, 1.165) is 48.5 Å². The first kappa shape index (κ1) is 21.5. The number of carbonyl (C=O) groups is 1. The van der Waals surface area contributed by atoms with Crippen LogP contribution in [0.4, 0.5) is 0 Å². The third-order valence-electron chi connectivity index (χ3n) is 4.29. The Labute approximate surface area is 168 Å². The molecule has 2 rings (SSSR count). The minimum Gasteiger partial charge on any atom is -0.497 e. The first-order valence-electron chi connectivity index (χ1n) is 9.94. The molecule has 0 aliphatic heterocycles. The van der Waals surface area contributed by atoms with E-state index >= 15 is 0 Å². The maximum Gasteiger partial charge on any atom is 0.185 e. The lowest BCUT2D eigenvalue weighted by molar-refractivity contribution is 0.104. The molecule has 28 heavy (non-hydrogen) atoms. The van der Waals surface area contributed by atoms with Crippen molar-refractivity contribution in [3.8, 4) is 17.2 Å². The van der Waals surface area contributed by atoms with Crippen molar-refractivity contribution in [2.45, 2.75) is 39.5 Å². The van der Waals surface area contributed by atoms with Crippen molar-refractivity contribution in [2.24, 2.45) is 0 Å². The monoisotopic (exact) mass is 382 g/mol. The second-order valence-corrected chi connectivity index (χ2v) is 6.53. The Morgan fingerprint density at radius 2 is 1.54 bits per heavy atom. The summed E-state index contributed by atoms with van der Waals surface area (Å²) < 4.78 is 16.8. The van der Waals surface area contributed by atoms with Gasteiger partial charge >= 0.3 is 0 Å². The Morgan fingerprint density at radius 3 is 2.18 bits per heavy atom. The SMILES string of the molecule is CCCCOc1ccc(OCCCC)c(/C=C/C(=O)c2ccc(OC)cc2)c1. The number of methoxy groups -OCH3 is 1. The molecule has 0 aliphatic carbocycles. The molecule has 0 saturated carbocycles. The van der Waals surface area contributed by atoms with Gasteiger partial charge in [-0.1, -0.05) is 26.7 Å². The summed E-state index contributed by atoms with van der Waals surface area (Å²) in [6, 6.07) is 12.8. The summed E-state index contributed by atoms with van der Waals surface area (Å²) in [5.74, 6) is 2.20. The maximum absolute atomic E-state index is 12.5. The molecular weight excluding hydrogens is 352 g/mol. The number of carbonyl (C=O) groups excluding carboxylic acids is 1.